The molecule has 0 aliphatic rings. The number of carbonyl (C=O) groups excluding carboxylic acids is 1. The van der Waals surface area contributed by atoms with E-state index in [0.29, 0.717) is 0 Å². The van der Waals surface area contributed by atoms with Crippen molar-refractivity contribution in [2.75, 3.05) is 6.61 Å². The van der Waals surface area contributed by atoms with Crippen LogP contribution >= 0.6 is 0 Å². The number of carbonyl (C=O) groups is 2. The monoisotopic (exact) mass is 219 g/mol. The fraction of sp³-hybridized carbons (Fsp3) is 0.778. The summed E-state index contributed by atoms with van der Waals surface area (Å²) in [6, 6.07) is -1.26. The number of rotatable bonds is 4. The first-order valence-corrected chi connectivity index (χ1v) is 4.51. The average molecular weight is 219 g/mol. The summed E-state index contributed by atoms with van der Waals surface area (Å²) in [7, 11) is 0. The van der Waals surface area contributed by atoms with Gasteiger partial charge in [-0.1, -0.05) is 0 Å². The number of nitrogens with zero attached hydrogens (tertiary/aromatic N) is 1. The van der Waals surface area contributed by atoms with Crippen LogP contribution in [0.15, 0.2) is 0 Å². The van der Waals surface area contributed by atoms with E-state index >= 15 is 0 Å². The highest BCUT2D eigenvalue weighted by Gasteiger charge is 2.36. The predicted octanol–water partition coefficient (Wildman–Crippen LogP) is 0.0105. The molecule has 0 fully saturated rings. The van der Waals surface area contributed by atoms with Crippen LogP contribution in [0.25, 0.3) is 0 Å². The molecule has 0 heterocycles. The molecule has 0 spiro atoms. The molecule has 0 rings (SSSR count). The van der Waals surface area contributed by atoms with Crippen LogP contribution < -0.4 is 0 Å². The third-order valence-corrected chi connectivity index (χ3v) is 1.63. The van der Waals surface area contributed by atoms with Gasteiger partial charge in [0.15, 0.2) is 6.04 Å². The van der Waals surface area contributed by atoms with Crippen LogP contribution in [0.2, 0.25) is 0 Å². The second-order valence-electron chi connectivity index (χ2n) is 4.12. The van der Waals surface area contributed by atoms with E-state index in [1.165, 1.54) is 6.92 Å². The summed E-state index contributed by atoms with van der Waals surface area (Å²) >= 11 is 0. The van der Waals surface area contributed by atoms with Crippen LogP contribution in [0.3, 0.4) is 0 Å². The second-order valence-corrected chi connectivity index (χ2v) is 4.12. The number of aliphatic carboxylic acids is 1. The van der Waals surface area contributed by atoms with E-state index < -0.39 is 30.1 Å². The zero-order valence-corrected chi connectivity index (χ0v) is 9.35. The lowest BCUT2D eigenvalue weighted by atomic mass is 10.1. The van der Waals surface area contributed by atoms with Crippen molar-refractivity contribution >= 4 is 11.9 Å². The van der Waals surface area contributed by atoms with Crippen molar-refractivity contribution < 1.29 is 24.6 Å². The summed E-state index contributed by atoms with van der Waals surface area (Å²) < 4.78 is 0. The summed E-state index contributed by atoms with van der Waals surface area (Å²) in [6.07, 6.45) is 0. The van der Waals surface area contributed by atoms with Gasteiger partial charge in [0.2, 0.25) is 0 Å². The number of hydroxylamine groups is 2. The van der Waals surface area contributed by atoms with Crippen molar-refractivity contribution in [3.8, 4) is 0 Å². The van der Waals surface area contributed by atoms with Crippen molar-refractivity contribution in [1.82, 2.24) is 5.06 Å². The summed E-state index contributed by atoms with van der Waals surface area (Å²) in [4.78, 5) is 26.4. The molecule has 6 nitrogen and oxygen atoms in total. The molecule has 0 aromatic carbocycles. The highest BCUT2D eigenvalue weighted by atomic mass is 16.7. The molecule has 0 unspecified atom stereocenters. The number of aliphatic hydroxyl groups is 1. The maximum Gasteiger partial charge on any atom is 0.326 e. The van der Waals surface area contributed by atoms with E-state index in [0.717, 1.165) is 5.06 Å². The quantitative estimate of drug-likeness (QED) is 0.648. The van der Waals surface area contributed by atoms with Crippen LogP contribution in [0, 0.1) is 0 Å². The van der Waals surface area contributed by atoms with E-state index in [4.69, 9.17) is 15.1 Å². The highest BCUT2D eigenvalue weighted by molar-refractivity contribution is 5.74. The van der Waals surface area contributed by atoms with Crippen LogP contribution in [0.5, 0.6) is 0 Å². The minimum atomic E-state index is -1.26. The summed E-state index contributed by atoms with van der Waals surface area (Å²) in [5.74, 6) is -1.86. The third-order valence-electron chi connectivity index (χ3n) is 1.63. The Balaban J connectivity index is 4.90. The molecule has 0 saturated heterocycles. The first-order chi connectivity index (χ1) is 6.70. The molecule has 0 aromatic rings. The minimum Gasteiger partial charge on any atom is -0.480 e. The fourth-order valence-electron chi connectivity index (χ4n) is 1.06. The van der Waals surface area contributed by atoms with Crippen LogP contribution in [-0.4, -0.2) is 45.4 Å². The Morgan fingerprint density at radius 3 is 2.07 bits per heavy atom. The standard InChI is InChI=1S/C9H17NO5/c1-6(12)15-10(9(2,3)4)7(5-11)8(13)14/h7,11H,5H2,1-4H3,(H,13,14)/t7-/m0/s1. The molecule has 0 saturated carbocycles. The zero-order chi connectivity index (χ0) is 12.2. The maximum atomic E-state index is 10.8. The van der Waals surface area contributed by atoms with Crippen molar-refractivity contribution in [1.29, 1.82) is 0 Å². The SMILES string of the molecule is CC(=O)ON([C@@H](CO)C(=O)O)C(C)(C)C. The van der Waals surface area contributed by atoms with Gasteiger partial charge in [-0.15, -0.1) is 5.06 Å². The molecular weight excluding hydrogens is 202 g/mol. The van der Waals surface area contributed by atoms with Gasteiger partial charge in [0.05, 0.1) is 6.61 Å². The fourth-order valence-corrected chi connectivity index (χ4v) is 1.06. The molecule has 0 aliphatic carbocycles. The van der Waals surface area contributed by atoms with Gasteiger partial charge in [-0.05, 0) is 20.8 Å². The highest BCUT2D eigenvalue weighted by Crippen LogP contribution is 2.17. The summed E-state index contributed by atoms with van der Waals surface area (Å²) in [5.41, 5.74) is -0.697. The van der Waals surface area contributed by atoms with Crippen molar-refractivity contribution in [2.45, 2.75) is 39.3 Å². The van der Waals surface area contributed by atoms with E-state index in [1.54, 1.807) is 20.8 Å². The lowest BCUT2D eigenvalue weighted by Gasteiger charge is -2.36. The normalized spacial score (nSPS) is 13.7. The Morgan fingerprint density at radius 2 is 1.87 bits per heavy atom. The molecule has 1 atom stereocenters. The number of carboxylic acid groups (broad SMARTS) is 1. The predicted molar refractivity (Wildman–Crippen MR) is 51.9 cm³/mol. The van der Waals surface area contributed by atoms with Gasteiger partial charge in [-0.2, -0.15) is 0 Å². The molecule has 0 amide bonds. The van der Waals surface area contributed by atoms with Crippen LogP contribution in [-0.2, 0) is 14.4 Å². The van der Waals surface area contributed by atoms with Gasteiger partial charge >= 0.3 is 11.9 Å². The molecule has 6 heteroatoms. The van der Waals surface area contributed by atoms with E-state index in [9.17, 15) is 9.59 Å². The van der Waals surface area contributed by atoms with E-state index in [2.05, 4.69) is 0 Å². The number of hydrogen-bond acceptors (Lipinski definition) is 5. The van der Waals surface area contributed by atoms with Gasteiger partial charge in [0, 0.05) is 12.5 Å². The van der Waals surface area contributed by atoms with Gasteiger partial charge in [-0.25, -0.2) is 0 Å². The van der Waals surface area contributed by atoms with Crippen molar-refractivity contribution in [3.63, 3.8) is 0 Å². The molecule has 2 N–H and O–H groups in total. The number of hydrogen-bond donors (Lipinski definition) is 2. The maximum absolute atomic E-state index is 10.8. The topological polar surface area (TPSA) is 87.1 Å². The Hall–Kier alpha value is -1.14. The summed E-state index contributed by atoms with van der Waals surface area (Å²) in [5, 5.41) is 18.7. The van der Waals surface area contributed by atoms with E-state index in [-0.39, 0.29) is 0 Å². The van der Waals surface area contributed by atoms with Crippen molar-refractivity contribution in [2.24, 2.45) is 0 Å². The summed E-state index contributed by atoms with van der Waals surface area (Å²) in [6.45, 7) is 5.60. The van der Waals surface area contributed by atoms with Gasteiger partial charge in [-0.3, -0.25) is 9.59 Å². The van der Waals surface area contributed by atoms with E-state index in [1.807, 2.05) is 0 Å². The Kier molecular flexibility index (Phi) is 4.70. The third kappa shape index (κ3) is 4.26. The Bertz CT molecular complexity index is 245. The minimum absolute atomic E-state index is 0.621. The van der Waals surface area contributed by atoms with Crippen LogP contribution in [0.1, 0.15) is 27.7 Å². The molecular formula is C9H17NO5. The largest absolute Gasteiger partial charge is 0.480 e. The molecule has 0 bridgehead atoms. The molecule has 0 radical (unpaired) electrons. The Labute approximate surface area is 88.4 Å². The van der Waals surface area contributed by atoms with Crippen molar-refractivity contribution in [3.05, 3.63) is 0 Å². The average Bonchev–Trinajstić information content (AvgIpc) is 2.00. The second kappa shape index (κ2) is 5.09. The lowest BCUT2D eigenvalue weighted by Crippen LogP contribution is -2.53. The molecule has 15 heavy (non-hydrogen) atoms. The van der Waals surface area contributed by atoms with Crippen LogP contribution in [0.4, 0.5) is 0 Å². The number of aliphatic hydroxyl groups excluding tert-OH is 1. The number of carboxylic acids is 1. The Morgan fingerprint density at radius 1 is 1.40 bits per heavy atom. The van der Waals surface area contributed by atoms with Gasteiger partial charge in [0.25, 0.3) is 0 Å². The molecule has 88 valence electrons. The first-order valence-electron chi connectivity index (χ1n) is 4.51. The molecule has 0 aliphatic heterocycles. The lowest BCUT2D eigenvalue weighted by molar-refractivity contribution is -0.234. The zero-order valence-electron chi connectivity index (χ0n) is 9.35. The first kappa shape index (κ1) is 13.9. The molecule has 0 aromatic heterocycles. The van der Waals surface area contributed by atoms with Gasteiger partial charge < -0.3 is 15.1 Å². The smallest absolute Gasteiger partial charge is 0.326 e. The van der Waals surface area contributed by atoms with Gasteiger partial charge in [0.1, 0.15) is 0 Å².